The molecule has 43 heavy (non-hydrogen) atoms. The van der Waals surface area contributed by atoms with Crippen LogP contribution in [0, 0.1) is 6.92 Å². The van der Waals surface area contributed by atoms with Gasteiger partial charge in [0.25, 0.3) is 5.56 Å². The molecule has 0 aliphatic heterocycles. The van der Waals surface area contributed by atoms with Crippen LogP contribution in [0.4, 0.5) is 5.82 Å². The summed E-state index contributed by atoms with van der Waals surface area (Å²) in [7, 11) is 4.44. The summed E-state index contributed by atoms with van der Waals surface area (Å²) in [4.78, 5) is 33.6. The van der Waals surface area contributed by atoms with Crippen molar-refractivity contribution in [3.05, 3.63) is 105 Å². The molecule has 0 bridgehead atoms. The number of esters is 1. The molecule has 0 saturated heterocycles. The fourth-order valence-electron chi connectivity index (χ4n) is 4.49. The van der Waals surface area contributed by atoms with Gasteiger partial charge in [-0.05, 0) is 60.9 Å². The highest BCUT2D eigenvalue weighted by Crippen LogP contribution is 2.30. The predicted molar refractivity (Wildman–Crippen MR) is 169 cm³/mol. The van der Waals surface area contributed by atoms with Crippen molar-refractivity contribution in [1.82, 2.24) is 9.55 Å². The van der Waals surface area contributed by atoms with Crippen LogP contribution in [-0.2, 0) is 17.8 Å². The van der Waals surface area contributed by atoms with E-state index in [1.165, 1.54) is 18.0 Å². The first kappa shape index (κ1) is 33.0. The lowest BCUT2D eigenvalue weighted by atomic mass is 10.1. The number of aromatic nitrogens is 2. The van der Waals surface area contributed by atoms with Crippen molar-refractivity contribution in [2.75, 3.05) is 32.8 Å². The molecule has 4 aromatic rings. The molecular weight excluding hydrogens is 570 g/mol. The van der Waals surface area contributed by atoms with Crippen LogP contribution < -0.4 is 24.7 Å². The summed E-state index contributed by atoms with van der Waals surface area (Å²) >= 11 is 6.59. The Labute approximate surface area is 257 Å². The van der Waals surface area contributed by atoms with Gasteiger partial charge in [0.15, 0.2) is 11.4 Å². The number of nitrogens with zero attached hydrogens (tertiary/aromatic N) is 3. The summed E-state index contributed by atoms with van der Waals surface area (Å²) in [5.74, 6) is 1.39. The molecule has 0 fully saturated rings. The van der Waals surface area contributed by atoms with Gasteiger partial charge in [-0.25, -0.2) is 9.78 Å². The third-order valence-corrected chi connectivity index (χ3v) is 6.77. The van der Waals surface area contributed by atoms with Gasteiger partial charge in [-0.2, -0.15) is 0 Å². The first-order valence-electron chi connectivity index (χ1n) is 13.9. The van der Waals surface area contributed by atoms with Gasteiger partial charge in [0.2, 0.25) is 0 Å². The molecule has 3 aromatic carbocycles. The van der Waals surface area contributed by atoms with Gasteiger partial charge < -0.3 is 23.8 Å². The second-order valence-corrected chi connectivity index (χ2v) is 9.57. The van der Waals surface area contributed by atoms with Crippen LogP contribution in [0.2, 0.25) is 5.02 Å². The number of methoxy groups -OCH3 is 3. The summed E-state index contributed by atoms with van der Waals surface area (Å²) in [6.07, 6.45) is 1.38. The number of halogens is 1. The Bertz CT molecular complexity index is 1500. The smallest absolute Gasteiger partial charge is 0.347 e. The van der Waals surface area contributed by atoms with E-state index in [9.17, 15) is 9.59 Å². The number of ether oxygens (including phenoxy) is 4. The lowest BCUT2D eigenvalue weighted by molar-refractivity contribution is 0.0598. The Kier molecular flexibility index (Phi) is 12.0. The zero-order valence-electron chi connectivity index (χ0n) is 25.6. The summed E-state index contributed by atoms with van der Waals surface area (Å²) in [6, 6.07) is 18.5. The van der Waals surface area contributed by atoms with Crippen LogP contribution in [0.25, 0.3) is 5.69 Å². The van der Waals surface area contributed by atoms with Gasteiger partial charge in [-0.3, -0.25) is 9.36 Å². The molecule has 0 aliphatic carbocycles. The maximum Gasteiger partial charge on any atom is 0.347 e. The van der Waals surface area contributed by atoms with Gasteiger partial charge in [0.1, 0.15) is 23.6 Å². The van der Waals surface area contributed by atoms with Crippen LogP contribution in [0.15, 0.2) is 71.8 Å². The zero-order valence-corrected chi connectivity index (χ0v) is 26.4. The minimum atomic E-state index is -0.805. The topological polar surface area (TPSA) is 92.1 Å². The SMILES string of the molecule is CC.CCOc1cc(C)c(-n2cnc(N(Cc3ccc(OC)cc3)Cc3ccc(OC)cc3)c(C(=O)OC)c2=O)c(Cl)c1. The predicted octanol–water partition coefficient (Wildman–Crippen LogP) is 6.63. The molecule has 228 valence electrons. The van der Waals surface area contributed by atoms with E-state index in [2.05, 4.69) is 4.98 Å². The average molecular weight is 608 g/mol. The van der Waals surface area contributed by atoms with Crippen molar-refractivity contribution in [3.8, 4) is 22.9 Å². The van der Waals surface area contributed by atoms with Gasteiger partial charge in [0.05, 0.1) is 38.6 Å². The van der Waals surface area contributed by atoms with Gasteiger partial charge in [-0.1, -0.05) is 49.7 Å². The van der Waals surface area contributed by atoms with E-state index < -0.39 is 11.5 Å². The molecule has 0 N–H and O–H groups in total. The van der Waals surface area contributed by atoms with Crippen molar-refractivity contribution < 1.29 is 23.7 Å². The normalized spacial score (nSPS) is 10.3. The molecule has 1 aromatic heterocycles. The first-order valence-corrected chi connectivity index (χ1v) is 14.3. The van der Waals surface area contributed by atoms with Crippen LogP contribution in [0.5, 0.6) is 17.2 Å². The Hall–Kier alpha value is -4.50. The maximum atomic E-state index is 14.0. The quantitative estimate of drug-likeness (QED) is 0.175. The van der Waals surface area contributed by atoms with Crippen molar-refractivity contribution in [2.45, 2.75) is 40.8 Å². The summed E-state index contributed by atoms with van der Waals surface area (Å²) in [5, 5.41) is 0.286. The van der Waals surface area contributed by atoms with Gasteiger partial charge in [-0.15, -0.1) is 0 Å². The molecule has 0 unspecified atom stereocenters. The highest BCUT2D eigenvalue weighted by molar-refractivity contribution is 6.32. The van der Waals surface area contributed by atoms with E-state index in [0.717, 1.165) is 11.1 Å². The van der Waals surface area contributed by atoms with E-state index in [4.69, 9.17) is 30.5 Å². The van der Waals surface area contributed by atoms with E-state index in [1.807, 2.05) is 81.1 Å². The third kappa shape index (κ3) is 7.87. The van der Waals surface area contributed by atoms with Crippen LogP contribution in [0.3, 0.4) is 0 Å². The number of aryl methyl sites for hydroxylation is 1. The Balaban J connectivity index is 0.00000248. The van der Waals surface area contributed by atoms with E-state index in [0.29, 0.717) is 48.2 Å². The van der Waals surface area contributed by atoms with Crippen molar-refractivity contribution >= 4 is 23.4 Å². The lowest BCUT2D eigenvalue weighted by Gasteiger charge is -2.26. The molecule has 0 radical (unpaired) electrons. The first-order chi connectivity index (χ1) is 20.8. The highest BCUT2D eigenvalue weighted by Gasteiger charge is 2.26. The minimum Gasteiger partial charge on any atom is -0.497 e. The van der Waals surface area contributed by atoms with Crippen molar-refractivity contribution in [2.24, 2.45) is 0 Å². The van der Waals surface area contributed by atoms with Crippen LogP contribution in [-0.4, -0.2) is 43.5 Å². The molecule has 10 heteroatoms. The van der Waals surface area contributed by atoms with Crippen LogP contribution >= 0.6 is 11.6 Å². The van der Waals surface area contributed by atoms with E-state index in [-0.39, 0.29) is 16.4 Å². The molecule has 0 saturated carbocycles. The second kappa shape index (κ2) is 15.7. The molecule has 0 spiro atoms. The van der Waals surface area contributed by atoms with Crippen molar-refractivity contribution in [1.29, 1.82) is 0 Å². The standard InChI is InChI=1S/C31H32ClN3O6.C2H6/c1-6-41-25-15-20(2)28(26(32)16-25)35-19-33-29(27(30(35)36)31(37)40-5)34(17-21-7-11-23(38-3)12-8-21)18-22-9-13-24(39-4)14-10-22;1-2/h7-16,19H,6,17-18H2,1-5H3;1-2H3. The van der Waals surface area contributed by atoms with E-state index in [1.54, 1.807) is 26.4 Å². The molecule has 9 nitrogen and oxygen atoms in total. The largest absolute Gasteiger partial charge is 0.497 e. The second-order valence-electron chi connectivity index (χ2n) is 9.17. The number of hydrogen-bond acceptors (Lipinski definition) is 8. The van der Waals surface area contributed by atoms with Crippen LogP contribution in [0.1, 0.15) is 47.8 Å². The summed E-state index contributed by atoms with van der Waals surface area (Å²) in [6.45, 7) is 8.84. The number of rotatable bonds is 11. The number of carbonyl (C=O) groups excluding carboxylic acids is 1. The zero-order chi connectivity index (χ0) is 31.5. The minimum absolute atomic E-state index is 0.185. The third-order valence-electron chi connectivity index (χ3n) is 6.49. The Morgan fingerprint density at radius 1 is 0.884 bits per heavy atom. The number of benzene rings is 3. The van der Waals surface area contributed by atoms with Gasteiger partial charge >= 0.3 is 5.97 Å². The number of hydrogen-bond donors (Lipinski definition) is 0. The fourth-order valence-corrected chi connectivity index (χ4v) is 4.84. The molecule has 0 atom stereocenters. The molecule has 4 rings (SSSR count). The monoisotopic (exact) mass is 607 g/mol. The average Bonchev–Trinajstić information content (AvgIpc) is 3.02. The molecule has 1 heterocycles. The highest BCUT2D eigenvalue weighted by atomic mass is 35.5. The number of carbonyl (C=O) groups is 1. The molecule has 0 amide bonds. The van der Waals surface area contributed by atoms with Crippen molar-refractivity contribution in [3.63, 3.8) is 0 Å². The molecule has 0 aliphatic rings. The lowest BCUT2D eigenvalue weighted by Crippen LogP contribution is -2.33. The summed E-state index contributed by atoms with van der Waals surface area (Å²) < 4.78 is 22.5. The number of anilines is 1. The molecular formula is C33H38ClN3O6. The summed E-state index contributed by atoms with van der Waals surface area (Å²) in [5.41, 5.74) is 2.12. The van der Waals surface area contributed by atoms with Gasteiger partial charge in [0, 0.05) is 19.2 Å². The Morgan fingerprint density at radius 2 is 1.42 bits per heavy atom. The maximum absolute atomic E-state index is 14.0. The Morgan fingerprint density at radius 3 is 1.86 bits per heavy atom. The van der Waals surface area contributed by atoms with E-state index >= 15 is 0 Å². The fraction of sp³-hybridized carbons (Fsp3) is 0.303.